The lowest BCUT2D eigenvalue weighted by Crippen LogP contribution is -2.43. The number of para-hydroxylation sites is 1. The summed E-state index contributed by atoms with van der Waals surface area (Å²) in [5.41, 5.74) is 2.10. The molecular weight excluding hydrogens is 372 g/mol. The first kappa shape index (κ1) is 20.0. The van der Waals surface area contributed by atoms with Crippen molar-refractivity contribution in [1.82, 2.24) is 5.32 Å². The molecule has 0 unspecified atom stereocenters. The SMILES string of the molecule is O=C(NCC1(c2ccccc2)CCCCC1)Nc1ccc(Oc2ccccc2)cc1. The van der Waals surface area contributed by atoms with Crippen LogP contribution in [-0.4, -0.2) is 12.6 Å². The van der Waals surface area contributed by atoms with Crippen LogP contribution in [0.5, 0.6) is 11.5 Å². The molecule has 154 valence electrons. The third-order valence-electron chi connectivity index (χ3n) is 5.88. The number of amides is 2. The van der Waals surface area contributed by atoms with Gasteiger partial charge in [-0.2, -0.15) is 0 Å². The smallest absolute Gasteiger partial charge is 0.319 e. The van der Waals surface area contributed by atoms with Gasteiger partial charge in [0.2, 0.25) is 0 Å². The number of carbonyl (C=O) groups excluding carboxylic acids is 1. The molecule has 0 aliphatic heterocycles. The van der Waals surface area contributed by atoms with Gasteiger partial charge in [0.15, 0.2) is 0 Å². The van der Waals surface area contributed by atoms with E-state index in [0.29, 0.717) is 6.54 Å². The maximum atomic E-state index is 12.6. The van der Waals surface area contributed by atoms with E-state index in [1.807, 2.05) is 60.7 Å². The molecule has 0 heterocycles. The summed E-state index contributed by atoms with van der Waals surface area (Å²) in [6.45, 7) is 0.651. The fraction of sp³-hybridized carbons (Fsp3) is 0.269. The molecule has 0 spiro atoms. The van der Waals surface area contributed by atoms with Gasteiger partial charge < -0.3 is 15.4 Å². The van der Waals surface area contributed by atoms with Gasteiger partial charge in [0, 0.05) is 17.6 Å². The Balaban J connectivity index is 1.34. The second kappa shape index (κ2) is 9.49. The van der Waals surface area contributed by atoms with Gasteiger partial charge in [0.25, 0.3) is 0 Å². The highest BCUT2D eigenvalue weighted by molar-refractivity contribution is 5.89. The van der Waals surface area contributed by atoms with E-state index in [4.69, 9.17) is 4.74 Å². The van der Waals surface area contributed by atoms with E-state index in [1.54, 1.807) is 0 Å². The van der Waals surface area contributed by atoms with Crippen molar-refractivity contribution in [3.63, 3.8) is 0 Å². The second-order valence-corrected chi connectivity index (χ2v) is 7.95. The minimum Gasteiger partial charge on any atom is -0.457 e. The molecule has 2 amide bonds. The molecule has 1 aliphatic rings. The summed E-state index contributed by atoms with van der Waals surface area (Å²) >= 11 is 0. The second-order valence-electron chi connectivity index (χ2n) is 7.95. The molecule has 0 radical (unpaired) electrons. The summed E-state index contributed by atoms with van der Waals surface area (Å²) < 4.78 is 5.80. The van der Waals surface area contributed by atoms with Gasteiger partial charge in [-0.15, -0.1) is 0 Å². The molecule has 0 aromatic heterocycles. The van der Waals surface area contributed by atoms with E-state index < -0.39 is 0 Å². The fourth-order valence-corrected chi connectivity index (χ4v) is 4.24. The molecule has 3 aromatic carbocycles. The summed E-state index contributed by atoms with van der Waals surface area (Å²) in [7, 11) is 0. The summed E-state index contributed by atoms with van der Waals surface area (Å²) in [6.07, 6.45) is 5.92. The summed E-state index contributed by atoms with van der Waals surface area (Å²) in [5, 5.41) is 6.05. The van der Waals surface area contributed by atoms with Crippen LogP contribution in [0.2, 0.25) is 0 Å². The summed E-state index contributed by atoms with van der Waals surface area (Å²) in [5.74, 6) is 1.52. The lowest BCUT2D eigenvalue weighted by atomic mass is 9.69. The first-order valence-corrected chi connectivity index (χ1v) is 10.7. The van der Waals surface area contributed by atoms with E-state index in [2.05, 4.69) is 34.9 Å². The third-order valence-corrected chi connectivity index (χ3v) is 5.88. The minimum atomic E-state index is -0.174. The normalized spacial score (nSPS) is 15.2. The first-order chi connectivity index (χ1) is 14.7. The molecular formula is C26H28N2O2. The zero-order valence-corrected chi connectivity index (χ0v) is 17.1. The van der Waals surface area contributed by atoms with Crippen molar-refractivity contribution in [1.29, 1.82) is 0 Å². The molecule has 0 saturated heterocycles. The largest absolute Gasteiger partial charge is 0.457 e. The number of rotatable bonds is 6. The van der Waals surface area contributed by atoms with Crippen molar-refractivity contribution in [2.24, 2.45) is 0 Å². The molecule has 4 heteroatoms. The number of anilines is 1. The Kier molecular flexibility index (Phi) is 6.33. The van der Waals surface area contributed by atoms with Gasteiger partial charge in [0.05, 0.1) is 0 Å². The van der Waals surface area contributed by atoms with Crippen LogP contribution in [0.1, 0.15) is 37.7 Å². The minimum absolute atomic E-state index is 0.0320. The monoisotopic (exact) mass is 400 g/mol. The third kappa shape index (κ3) is 5.01. The molecule has 3 aromatic rings. The Morgan fingerprint density at radius 2 is 1.37 bits per heavy atom. The van der Waals surface area contributed by atoms with E-state index in [9.17, 15) is 4.79 Å². The molecule has 30 heavy (non-hydrogen) atoms. The zero-order chi connectivity index (χ0) is 20.7. The Hall–Kier alpha value is -3.27. The van der Waals surface area contributed by atoms with E-state index in [0.717, 1.165) is 30.0 Å². The molecule has 1 saturated carbocycles. The van der Waals surface area contributed by atoms with E-state index >= 15 is 0 Å². The fourth-order valence-electron chi connectivity index (χ4n) is 4.24. The van der Waals surface area contributed by atoms with Crippen LogP contribution in [0, 0.1) is 0 Å². The number of ether oxygens (including phenoxy) is 1. The average Bonchev–Trinajstić information content (AvgIpc) is 2.81. The Morgan fingerprint density at radius 3 is 2.03 bits per heavy atom. The quantitative estimate of drug-likeness (QED) is 0.496. The maximum Gasteiger partial charge on any atom is 0.319 e. The number of benzene rings is 3. The van der Waals surface area contributed by atoms with Crippen molar-refractivity contribution >= 4 is 11.7 Å². The highest BCUT2D eigenvalue weighted by Gasteiger charge is 2.34. The maximum absolute atomic E-state index is 12.6. The molecule has 4 nitrogen and oxygen atoms in total. The predicted molar refractivity (Wildman–Crippen MR) is 121 cm³/mol. The van der Waals surface area contributed by atoms with Crippen LogP contribution in [0.3, 0.4) is 0 Å². The Morgan fingerprint density at radius 1 is 0.767 bits per heavy atom. The van der Waals surface area contributed by atoms with Crippen molar-refractivity contribution in [3.8, 4) is 11.5 Å². The summed E-state index contributed by atoms with van der Waals surface area (Å²) in [4.78, 5) is 12.6. The average molecular weight is 401 g/mol. The van der Waals surface area contributed by atoms with E-state index in [-0.39, 0.29) is 11.4 Å². The molecule has 2 N–H and O–H groups in total. The lowest BCUT2D eigenvalue weighted by molar-refractivity contribution is 0.240. The van der Waals surface area contributed by atoms with Gasteiger partial charge >= 0.3 is 6.03 Å². The predicted octanol–water partition coefficient (Wildman–Crippen LogP) is 6.50. The number of hydrogen-bond donors (Lipinski definition) is 2. The molecule has 1 fully saturated rings. The van der Waals surface area contributed by atoms with Gasteiger partial charge in [-0.3, -0.25) is 0 Å². The zero-order valence-electron chi connectivity index (χ0n) is 17.1. The Labute approximate surface area is 178 Å². The molecule has 0 bridgehead atoms. The van der Waals surface area contributed by atoms with Crippen molar-refractivity contribution in [2.75, 3.05) is 11.9 Å². The summed E-state index contributed by atoms with van der Waals surface area (Å²) in [6, 6.07) is 27.5. The first-order valence-electron chi connectivity index (χ1n) is 10.7. The number of carbonyl (C=O) groups is 1. The van der Waals surface area contributed by atoms with Crippen molar-refractivity contribution in [2.45, 2.75) is 37.5 Å². The van der Waals surface area contributed by atoms with E-state index in [1.165, 1.54) is 24.8 Å². The van der Waals surface area contributed by atoms with Gasteiger partial charge in [-0.1, -0.05) is 67.8 Å². The molecule has 0 atom stereocenters. The van der Waals surface area contributed by atoms with Crippen LogP contribution in [0.25, 0.3) is 0 Å². The van der Waals surface area contributed by atoms with Crippen molar-refractivity contribution < 1.29 is 9.53 Å². The van der Waals surface area contributed by atoms with Crippen LogP contribution in [0.4, 0.5) is 10.5 Å². The number of nitrogens with one attached hydrogen (secondary N) is 2. The topological polar surface area (TPSA) is 50.4 Å². The highest BCUT2D eigenvalue weighted by Crippen LogP contribution is 2.38. The van der Waals surface area contributed by atoms with Gasteiger partial charge in [0.1, 0.15) is 11.5 Å². The highest BCUT2D eigenvalue weighted by atomic mass is 16.5. The van der Waals surface area contributed by atoms with Crippen LogP contribution in [-0.2, 0) is 5.41 Å². The van der Waals surface area contributed by atoms with Crippen LogP contribution in [0.15, 0.2) is 84.9 Å². The van der Waals surface area contributed by atoms with Crippen LogP contribution >= 0.6 is 0 Å². The van der Waals surface area contributed by atoms with Crippen LogP contribution < -0.4 is 15.4 Å². The lowest BCUT2D eigenvalue weighted by Gasteiger charge is -2.38. The Bertz CT molecular complexity index is 934. The number of hydrogen-bond acceptors (Lipinski definition) is 2. The molecule has 4 rings (SSSR count). The standard InChI is InChI=1S/C26H28N2O2/c29-25(27-20-26(18-8-3-9-19-26)21-10-4-1-5-11-21)28-22-14-16-24(17-15-22)30-23-12-6-2-7-13-23/h1-2,4-7,10-17H,3,8-9,18-20H2,(H2,27,28,29). The van der Waals surface area contributed by atoms with Crippen molar-refractivity contribution in [3.05, 3.63) is 90.5 Å². The number of urea groups is 1. The van der Waals surface area contributed by atoms with Gasteiger partial charge in [-0.05, 0) is 54.8 Å². The van der Waals surface area contributed by atoms with Gasteiger partial charge in [-0.25, -0.2) is 4.79 Å². The molecule has 1 aliphatic carbocycles.